The average molecular weight is 217 g/mol. The monoisotopic (exact) mass is 217 g/mol. The second-order valence-electron chi connectivity index (χ2n) is 3.71. The van der Waals surface area contributed by atoms with Gasteiger partial charge in [-0.2, -0.15) is 0 Å². The van der Waals surface area contributed by atoms with E-state index in [2.05, 4.69) is 11.2 Å². The molecule has 1 aromatic rings. The number of terminal acetylenes is 1. The van der Waals surface area contributed by atoms with E-state index in [0.717, 1.165) is 16.8 Å². The fraction of sp³-hybridized carbons (Fsp3) is 0.308. The third kappa shape index (κ3) is 3.03. The zero-order valence-electron chi connectivity index (χ0n) is 9.50. The van der Waals surface area contributed by atoms with Crippen LogP contribution in [0.4, 0.5) is 5.69 Å². The third-order valence-corrected chi connectivity index (χ3v) is 2.31. The van der Waals surface area contributed by atoms with Crippen LogP contribution in [0.15, 0.2) is 12.1 Å². The summed E-state index contributed by atoms with van der Waals surface area (Å²) in [6.07, 6.45) is 5.83. The molecule has 1 aromatic carbocycles. The molecule has 0 spiro atoms. The quantitative estimate of drug-likeness (QED) is 0.603. The minimum atomic E-state index is -0.105. The highest BCUT2D eigenvalue weighted by Gasteiger charge is 2.06. The van der Waals surface area contributed by atoms with Crippen molar-refractivity contribution in [2.75, 3.05) is 5.32 Å². The molecule has 0 aromatic heterocycles. The Balaban J connectivity index is 2.78. The van der Waals surface area contributed by atoms with Gasteiger partial charge in [0.15, 0.2) is 0 Å². The van der Waals surface area contributed by atoms with E-state index in [9.17, 15) is 9.90 Å². The van der Waals surface area contributed by atoms with Crippen molar-refractivity contribution < 1.29 is 9.90 Å². The van der Waals surface area contributed by atoms with Crippen LogP contribution in [0, 0.1) is 26.2 Å². The zero-order valence-corrected chi connectivity index (χ0v) is 9.50. The lowest BCUT2D eigenvalue weighted by Gasteiger charge is -2.10. The van der Waals surface area contributed by atoms with Gasteiger partial charge in [-0.15, -0.1) is 12.3 Å². The second kappa shape index (κ2) is 5.22. The number of benzene rings is 1. The highest BCUT2D eigenvalue weighted by atomic mass is 16.3. The minimum absolute atomic E-state index is 0.105. The molecule has 0 heterocycles. The molecule has 3 nitrogen and oxygen atoms in total. The van der Waals surface area contributed by atoms with Crippen molar-refractivity contribution in [1.82, 2.24) is 0 Å². The Morgan fingerprint density at radius 3 is 2.75 bits per heavy atom. The molecule has 0 unspecified atom stereocenters. The first-order valence-corrected chi connectivity index (χ1v) is 5.08. The molecule has 3 heteroatoms. The van der Waals surface area contributed by atoms with Crippen LogP contribution in [-0.4, -0.2) is 11.0 Å². The molecule has 0 saturated carbocycles. The van der Waals surface area contributed by atoms with Crippen LogP contribution in [0.1, 0.15) is 24.0 Å². The maximum Gasteiger partial charge on any atom is 0.225 e. The number of amides is 1. The molecular formula is C13H15NO2. The van der Waals surface area contributed by atoms with Gasteiger partial charge in [0, 0.05) is 18.5 Å². The third-order valence-electron chi connectivity index (χ3n) is 2.31. The minimum Gasteiger partial charge on any atom is -0.508 e. The summed E-state index contributed by atoms with van der Waals surface area (Å²) in [6, 6.07) is 3.38. The van der Waals surface area contributed by atoms with E-state index in [1.54, 1.807) is 19.1 Å². The molecule has 0 aliphatic heterocycles. The molecule has 2 N–H and O–H groups in total. The first-order chi connectivity index (χ1) is 7.54. The molecule has 0 radical (unpaired) electrons. The van der Waals surface area contributed by atoms with E-state index in [1.165, 1.54) is 0 Å². The summed E-state index contributed by atoms with van der Waals surface area (Å²) < 4.78 is 0. The van der Waals surface area contributed by atoms with Gasteiger partial charge in [0.1, 0.15) is 5.75 Å². The Kier molecular flexibility index (Phi) is 3.96. The molecule has 0 fully saturated rings. The maximum absolute atomic E-state index is 11.5. The Hall–Kier alpha value is -1.95. The zero-order chi connectivity index (χ0) is 12.1. The highest BCUT2D eigenvalue weighted by molar-refractivity contribution is 5.91. The molecule has 1 rings (SSSR count). The fourth-order valence-electron chi connectivity index (χ4n) is 1.33. The fourth-order valence-corrected chi connectivity index (χ4v) is 1.33. The lowest BCUT2D eigenvalue weighted by atomic mass is 10.1. The predicted octanol–water partition coefficient (Wildman–Crippen LogP) is 2.36. The smallest absolute Gasteiger partial charge is 0.225 e. The number of carbonyl (C=O) groups is 1. The number of nitrogens with one attached hydrogen (secondary N) is 1. The Morgan fingerprint density at radius 1 is 1.44 bits per heavy atom. The summed E-state index contributed by atoms with van der Waals surface area (Å²) in [5, 5.41) is 12.2. The molecule has 1 amide bonds. The first-order valence-electron chi connectivity index (χ1n) is 5.08. The largest absolute Gasteiger partial charge is 0.508 e. The van der Waals surface area contributed by atoms with Crippen molar-refractivity contribution in [2.45, 2.75) is 26.7 Å². The van der Waals surface area contributed by atoms with E-state index < -0.39 is 0 Å². The normalized spacial score (nSPS) is 9.56. The van der Waals surface area contributed by atoms with Crippen LogP contribution in [0.25, 0.3) is 0 Å². The van der Waals surface area contributed by atoms with Gasteiger partial charge in [0.05, 0.1) is 0 Å². The lowest BCUT2D eigenvalue weighted by Crippen LogP contribution is -2.11. The molecular weight excluding hydrogens is 202 g/mol. The number of rotatable bonds is 3. The van der Waals surface area contributed by atoms with Crippen molar-refractivity contribution >= 4 is 11.6 Å². The maximum atomic E-state index is 11.5. The number of carbonyl (C=O) groups excluding carboxylic acids is 1. The van der Waals surface area contributed by atoms with Crippen LogP contribution in [-0.2, 0) is 4.79 Å². The molecule has 84 valence electrons. The van der Waals surface area contributed by atoms with Crippen molar-refractivity contribution in [2.24, 2.45) is 0 Å². The number of hydrogen-bond acceptors (Lipinski definition) is 2. The van der Waals surface area contributed by atoms with Gasteiger partial charge in [-0.25, -0.2) is 0 Å². The van der Waals surface area contributed by atoms with E-state index in [4.69, 9.17) is 6.42 Å². The topological polar surface area (TPSA) is 49.3 Å². The van der Waals surface area contributed by atoms with E-state index in [-0.39, 0.29) is 11.7 Å². The van der Waals surface area contributed by atoms with Crippen LogP contribution in [0.3, 0.4) is 0 Å². The molecule has 0 aliphatic carbocycles. The summed E-state index contributed by atoms with van der Waals surface area (Å²) in [7, 11) is 0. The van der Waals surface area contributed by atoms with Gasteiger partial charge in [-0.1, -0.05) is 0 Å². The van der Waals surface area contributed by atoms with Crippen LogP contribution < -0.4 is 5.32 Å². The molecule has 0 aliphatic rings. The summed E-state index contributed by atoms with van der Waals surface area (Å²) in [6.45, 7) is 3.61. The predicted molar refractivity (Wildman–Crippen MR) is 64.3 cm³/mol. The van der Waals surface area contributed by atoms with Crippen molar-refractivity contribution in [1.29, 1.82) is 0 Å². The van der Waals surface area contributed by atoms with E-state index in [1.807, 2.05) is 6.92 Å². The Bertz CT molecular complexity index is 444. The number of anilines is 1. The summed E-state index contributed by atoms with van der Waals surface area (Å²) >= 11 is 0. The molecule has 16 heavy (non-hydrogen) atoms. The van der Waals surface area contributed by atoms with Gasteiger partial charge < -0.3 is 10.4 Å². The van der Waals surface area contributed by atoms with Crippen LogP contribution in [0.5, 0.6) is 5.75 Å². The number of aryl methyl sites for hydroxylation is 2. The van der Waals surface area contributed by atoms with Gasteiger partial charge in [0.2, 0.25) is 5.91 Å². The lowest BCUT2D eigenvalue weighted by molar-refractivity contribution is -0.116. The van der Waals surface area contributed by atoms with Crippen LogP contribution in [0.2, 0.25) is 0 Å². The number of aromatic hydroxyl groups is 1. The van der Waals surface area contributed by atoms with Gasteiger partial charge in [-0.3, -0.25) is 4.79 Å². The Morgan fingerprint density at radius 2 is 2.12 bits per heavy atom. The standard InChI is InChI=1S/C13H15NO2/c1-4-5-6-13(16)14-11-7-10(3)12(15)8-9(11)2/h1,7-8,15H,5-6H2,2-3H3,(H,14,16). The van der Waals surface area contributed by atoms with Gasteiger partial charge in [-0.05, 0) is 37.1 Å². The van der Waals surface area contributed by atoms with E-state index >= 15 is 0 Å². The van der Waals surface area contributed by atoms with Crippen molar-refractivity contribution in [3.05, 3.63) is 23.3 Å². The van der Waals surface area contributed by atoms with Gasteiger partial charge >= 0.3 is 0 Å². The van der Waals surface area contributed by atoms with Crippen LogP contribution >= 0.6 is 0 Å². The molecule has 0 saturated heterocycles. The van der Waals surface area contributed by atoms with Crippen molar-refractivity contribution in [3.63, 3.8) is 0 Å². The summed E-state index contributed by atoms with van der Waals surface area (Å²) in [4.78, 5) is 11.5. The number of phenolic OH excluding ortho intramolecular Hbond substituents is 1. The Labute approximate surface area is 95.5 Å². The van der Waals surface area contributed by atoms with E-state index in [0.29, 0.717) is 12.8 Å². The first kappa shape index (κ1) is 12.1. The highest BCUT2D eigenvalue weighted by Crippen LogP contribution is 2.24. The SMILES string of the molecule is C#CCCC(=O)Nc1cc(C)c(O)cc1C. The summed E-state index contributed by atoms with van der Waals surface area (Å²) in [5.74, 6) is 2.55. The second-order valence-corrected chi connectivity index (χ2v) is 3.71. The average Bonchev–Trinajstić information content (AvgIpc) is 2.23. The molecule has 0 atom stereocenters. The molecule has 0 bridgehead atoms. The number of hydrogen-bond donors (Lipinski definition) is 2. The summed E-state index contributed by atoms with van der Waals surface area (Å²) in [5.41, 5.74) is 2.28. The number of phenols is 1. The van der Waals surface area contributed by atoms with Gasteiger partial charge in [0.25, 0.3) is 0 Å². The van der Waals surface area contributed by atoms with Crippen molar-refractivity contribution in [3.8, 4) is 18.1 Å².